The topological polar surface area (TPSA) is 26.0 Å². The van der Waals surface area contributed by atoms with E-state index in [0.717, 1.165) is 17.6 Å². The molecule has 0 radical (unpaired) electrons. The zero-order chi connectivity index (χ0) is 11.4. The minimum Gasteiger partial charge on any atom is -0.327 e. The number of rotatable bonds is 4. The SMILES string of the molecule is C=C(C)CC(N)Cc1ccc(F)cc1Cl. The third kappa shape index (κ3) is 4.02. The normalized spacial score (nSPS) is 12.5. The van der Waals surface area contributed by atoms with Crippen molar-refractivity contribution in [2.75, 3.05) is 0 Å². The van der Waals surface area contributed by atoms with Crippen LogP contribution in [0.25, 0.3) is 0 Å². The Morgan fingerprint density at radius 1 is 1.60 bits per heavy atom. The fourth-order valence-electron chi connectivity index (χ4n) is 1.49. The third-order valence-electron chi connectivity index (χ3n) is 2.11. The molecule has 0 fully saturated rings. The van der Waals surface area contributed by atoms with Crippen molar-refractivity contribution in [3.8, 4) is 0 Å². The number of halogens is 2. The molecule has 0 aliphatic rings. The lowest BCUT2D eigenvalue weighted by Gasteiger charge is -2.12. The molecule has 1 nitrogen and oxygen atoms in total. The summed E-state index contributed by atoms with van der Waals surface area (Å²) in [6.07, 6.45) is 1.40. The molecular formula is C12H15ClFN. The Balaban J connectivity index is 2.68. The summed E-state index contributed by atoms with van der Waals surface area (Å²) in [5, 5.41) is 0.437. The first-order chi connectivity index (χ1) is 6.99. The second-order valence-electron chi connectivity index (χ2n) is 3.86. The molecule has 0 heterocycles. The van der Waals surface area contributed by atoms with Crippen LogP contribution in [0.3, 0.4) is 0 Å². The molecule has 0 aliphatic heterocycles. The molecule has 82 valence electrons. The van der Waals surface area contributed by atoms with Gasteiger partial charge in [-0.3, -0.25) is 0 Å². The van der Waals surface area contributed by atoms with E-state index in [1.807, 2.05) is 6.92 Å². The van der Waals surface area contributed by atoms with Gasteiger partial charge in [0.1, 0.15) is 5.82 Å². The highest BCUT2D eigenvalue weighted by atomic mass is 35.5. The van der Waals surface area contributed by atoms with Gasteiger partial charge >= 0.3 is 0 Å². The van der Waals surface area contributed by atoms with Gasteiger partial charge < -0.3 is 5.73 Å². The maximum Gasteiger partial charge on any atom is 0.124 e. The van der Waals surface area contributed by atoms with E-state index in [9.17, 15) is 4.39 Å². The Kier molecular flexibility index (Phi) is 4.30. The number of benzene rings is 1. The number of hydrogen-bond acceptors (Lipinski definition) is 1. The third-order valence-corrected chi connectivity index (χ3v) is 2.46. The Bertz CT molecular complexity index is 363. The van der Waals surface area contributed by atoms with Crippen molar-refractivity contribution < 1.29 is 4.39 Å². The fraction of sp³-hybridized carbons (Fsp3) is 0.333. The van der Waals surface area contributed by atoms with Gasteiger partial charge in [0.25, 0.3) is 0 Å². The smallest absolute Gasteiger partial charge is 0.124 e. The maximum absolute atomic E-state index is 12.8. The van der Waals surface area contributed by atoms with Crippen molar-refractivity contribution in [2.24, 2.45) is 5.73 Å². The molecule has 0 amide bonds. The average Bonchev–Trinajstić information content (AvgIpc) is 2.08. The highest BCUT2D eigenvalue weighted by Gasteiger charge is 2.08. The van der Waals surface area contributed by atoms with Crippen LogP contribution < -0.4 is 5.73 Å². The van der Waals surface area contributed by atoms with Gasteiger partial charge in [-0.25, -0.2) is 4.39 Å². The van der Waals surface area contributed by atoms with Gasteiger partial charge in [-0.05, 0) is 37.5 Å². The predicted octanol–water partition coefficient (Wildman–Crippen LogP) is 3.32. The van der Waals surface area contributed by atoms with Crippen molar-refractivity contribution >= 4 is 11.6 Å². The molecule has 0 saturated carbocycles. The van der Waals surface area contributed by atoms with Crippen LogP contribution in [0.1, 0.15) is 18.9 Å². The zero-order valence-electron chi connectivity index (χ0n) is 8.76. The van der Waals surface area contributed by atoms with Gasteiger partial charge in [0.15, 0.2) is 0 Å². The first-order valence-electron chi connectivity index (χ1n) is 4.83. The lowest BCUT2D eigenvalue weighted by atomic mass is 10.0. The molecule has 0 spiro atoms. The van der Waals surface area contributed by atoms with Gasteiger partial charge in [0.2, 0.25) is 0 Å². The average molecular weight is 228 g/mol. The van der Waals surface area contributed by atoms with Crippen LogP contribution >= 0.6 is 11.6 Å². The van der Waals surface area contributed by atoms with Crippen LogP contribution in [-0.4, -0.2) is 6.04 Å². The van der Waals surface area contributed by atoms with Gasteiger partial charge in [-0.1, -0.05) is 23.2 Å². The van der Waals surface area contributed by atoms with Crippen molar-refractivity contribution in [3.63, 3.8) is 0 Å². The Morgan fingerprint density at radius 3 is 2.80 bits per heavy atom. The van der Waals surface area contributed by atoms with Crippen molar-refractivity contribution in [2.45, 2.75) is 25.8 Å². The van der Waals surface area contributed by atoms with Crippen LogP contribution in [0.2, 0.25) is 5.02 Å². The summed E-state index contributed by atoms with van der Waals surface area (Å²) in [7, 11) is 0. The largest absolute Gasteiger partial charge is 0.327 e. The summed E-state index contributed by atoms with van der Waals surface area (Å²) < 4.78 is 12.8. The second-order valence-corrected chi connectivity index (χ2v) is 4.27. The lowest BCUT2D eigenvalue weighted by Crippen LogP contribution is -2.23. The van der Waals surface area contributed by atoms with E-state index in [0.29, 0.717) is 11.4 Å². The Labute approximate surface area is 94.7 Å². The van der Waals surface area contributed by atoms with Gasteiger partial charge in [-0.2, -0.15) is 0 Å². The summed E-state index contributed by atoms with van der Waals surface area (Å²) in [6, 6.07) is 4.38. The number of hydrogen-bond donors (Lipinski definition) is 1. The van der Waals surface area contributed by atoms with E-state index >= 15 is 0 Å². The monoisotopic (exact) mass is 227 g/mol. The predicted molar refractivity (Wildman–Crippen MR) is 62.5 cm³/mol. The molecule has 3 heteroatoms. The summed E-state index contributed by atoms with van der Waals surface area (Å²) >= 11 is 5.89. The van der Waals surface area contributed by atoms with E-state index in [4.69, 9.17) is 17.3 Å². The quantitative estimate of drug-likeness (QED) is 0.785. The van der Waals surface area contributed by atoms with Crippen molar-refractivity contribution in [1.29, 1.82) is 0 Å². The molecule has 0 saturated heterocycles. The minimum atomic E-state index is -0.322. The van der Waals surface area contributed by atoms with E-state index in [2.05, 4.69) is 6.58 Å². The molecule has 1 unspecified atom stereocenters. The highest BCUT2D eigenvalue weighted by Crippen LogP contribution is 2.19. The summed E-state index contributed by atoms with van der Waals surface area (Å²) in [4.78, 5) is 0. The molecule has 1 rings (SSSR count). The molecule has 1 atom stereocenters. The summed E-state index contributed by atoms with van der Waals surface area (Å²) in [5.41, 5.74) is 7.82. The van der Waals surface area contributed by atoms with Crippen LogP contribution in [-0.2, 0) is 6.42 Å². The van der Waals surface area contributed by atoms with Crippen LogP contribution in [0.5, 0.6) is 0 Å². The van der Waals surface area contributed by atoms with Gasteiger partial charge in [0, 0.05) is 11.1 Å². The molecule has 1 aromatic rings. The lowest BCUT2D eigenvalue weighted by molar-refractivity contribution is 0.623. The molecule has 2 N–H and O–H groups in total. The van der Waals surface area contributed by atoms with Crippen LogP contribution in [0.15, 0.2) is 30.4 Å². The molecule has 1 aromatic carbocycles. The minimum absolute atomic E-state index is 0.00883. The van der Waals surface area contributed by atoms with E-state index in [1.54, 1.807) is 6.07 Å². The standard InChI is InChI=1S/C12H15ClFN/c1-8(2)5-11(15)6-9-3-4-10(14)7-12(9)13/h3-4,7,11H,1,5-6,15H2,2H3. The Morgan fingerprint density at radius 2 is 2.27 bits per heavy atom. The van der Waals surface area contributed by atoms with E-state index in [-0.39, 0.29) is 11.9 Å². The Hall–Kier alpha value is -0.860. The van der Waals surface area contributed by atoms with Gasteiger partial charge in [0.05, 0.1) is 0 Å². The summed E-state index contributed by atoms with van der Waals surface area (Å²) in [5.74, 6) is -0.322. The fourth-order valence-corrected chi connectivity index (χ4v) is 1.73. The van der Waals surface area contributed by atoms with Crippen LogP contribution in [0, 0.1) is 5.82 Å². The molecular weight excluding hydrogens is 213 g/mol. The molecule has 15 heavy (non-hydrogen) atoms. The molecule has 0 aromatic heterocycles. The maximum atomic E-state index is 12.8. The molecule has 0 aliphatic carbocycles. The van der Waals surface area contributed by atoms with Crippen molar-refractivity contribution in [1.82, 2.24) is 0 Å². The van der Waals surface area contributed by atoms with E-state index in [1.165, 1.54) is 12.1 Å². The highest BCUT2D eigenvalue weighted by molar-refractivity contribution is 6.31. The van der Waals surface area contributed by atoms with E-state index < -0.39 is 0 Å². The van der Waals surface area contributed by atoms with Gasteiger partial charge in [-0.15, -0.1) is 6.58 Å². The molecule has 0 bridgehead atoms. The second kappa shape index (κ2) is 5.29. The number of nitrogens with two attached hydrogens (primary N) is 1. The van der Waals surface area contributed by atoms with Crippen LogP contribution in [0.4, 0.5) is 4.39 Å². The summed E-state index contributed by atoms with van der Waals surface area (Å²) in [6.45, 7) is 5.74. The first kappa shape index (κ1) is 12.2. The van der Waals surface area contributed by atoms with Crippen molar-refractivity contribution in [3.05, 3.63) is 46.8 Å². The first-order valence-corrected chi connectivity index (χ1v) is 5.20. The zero-order valence-corrected chi connectivity index (χ0v) is 9.52.